The SMILES string of the molecule is C1=C(CCNc2ccnc3ccccc23)CCC1. The van der Waals surface area contributed by atoms with E-state index in [-0.39, 0.29) is 0 Å². The number of nitrogens with one attached hydrogen (secondary N) is 1. The summed E-state index contributed by atoms with van der Waals surface area (Å²) in [6, 6.07) is 10.3. The lowest BCUT2D eigenvalue weighted by atomic mass is 10.1. The van der Waals surface area contributed by atoms with E-state index in [0.29, 0.717) is 0 Å². The predicted molar refractivity (Wildman–Crippen MR) is 76.8 cm³/mol. The molecule has 0 fully saturated rings. The minimum absolute atomic E-state index is 1.01. The summed E-state index contributed by atoms with van der Waals surface area (Å²) in [5, 5.41) is 4.74. The fraction of sp³-hybridized carbons (Fsp3) is 0.312. The fourth-order valence-corrected chi connectivity index (χ4v) is 2.57. The van der Waals surface area contributed by atoms with Gasteiger partial charge in [0.15, 0.2) is 0 Å². The smallest absolute Gasteiger partial charge is 0.0722 e. The molecule has 2 aromatic rings. The van der Waals surface area contributed by atoms with Crippen LogP contribution in [0.5, 0.6) is 0 Å². The Bertz CT molecular complexity index is 567. The minimum atomic E-state index is 1.01. The lowest BCUT2D eigenvalue weighted by Crippen LogP contribution is -2.03. The molecular formula is C16H18N2. The first kappa shape index (κ1) is 11.3. The second-order valence-corrected chi connectivity index (χ2v) is 4.81. The van der Waals surface area contributed by atoms with Gasteiger partial charge in [0.05, 0.1) is 5.52 Å². The average molecular weight is 238 g/mol. The molecule has 1 heterocycles. The van der Waals surface area contributed by atoms with E-state index >= 15 is 0 Å². The van der Waals surface area contributed by atoms with Gasteiger partial charge in [0.2, 0.25) is 0 Å². The molecule has 1 aliphatic carbocycles. The zero-order valence-electron chi connectivity index (χ0n) is 10.5. The Morgan fingerprint density at radius 2 is 2.11 bits per heavy atom. The highest BCUT2D eigenvalue weighted by Gasteiger charge is 2.04. The molecule has 2 nitrogen and oxygen atoms in total. The maximum absolute atomic E-state index is 4.38. The topological polar surface area (TPSA) is 24.9 Å². The van der Waals surface area contributed by atoms with E-state index in [4.69, 9.17) is 0 Å². The molecule has 0 spiro atoms. The van der Waals surface area contributed by atoms with Gasteiger partial charge in [0, 0.05) is 23.8 Å². The highest BCUT2D eigenvalue weighted by Crippen LogP contribution is 2.23. The third-order valence-corrected chi connectivity index (χ3v) is 3.55. The number of rotatable bonds is 4. The van der Waals surface area contributed by atoms with Crippen LogP contribution in [0.4, 0.5) is 5.69 Å². The van der Waals surface area contributed by atoms with Gasteiger partial charge in [-0.1, -0.05) is 29.8 Å². The van der Waals surface area contributed by atoms with Crippen molar-refractivity contribution < 1.29 is 0 Å². The van der Waals surface area contributed by atoms with Gasteiger partial charge in [0.1, 0.15) is 0 Å². The Kier molecular flexibility index (Phi) is 3.26. The van der Waals surface area contributed by atoms with Crippen molar-refractivity contribution in [3.05, 3.63) is 48.2 Å². The Balaban J connectivity index is 1.70. The molecule has 0 atom stereocenters. The number of fused-ring (bicyclic) bond motifs is 1. The van der Waals surface area contributed by atoms with Crippen LogP contribution in [0.3, 0.4) is 0 Å². The molecule has 0 saturated carbocycles. The summed E-state index contributed by atoms with van der Waals surface area (Å²) in [5.74, 6) is 0. The lowest BCUT2D eigenvalue weighted by Gasteiger charge is -2.09. The number of nitrogens with zero attached hydrogens (tertiary/aromatic N) is 1. The Labute approximate surface area is 108 Å². The molecule has 0 unspecified atom stereocenters. The summed E-state index contributed by atoms with van der Waals surface area (Å²) in [5.41, 5.74) is 3.86. The third kappa shape index (κ3) is 2.37. The Hall–Kier alpha value is -1.83. The van der Waals surface area contributed by atoms with Crippen molar-refractivity contribution in [1.82, 2.24) is 4.98 Å². The van der Waals surface area contributed by atoms with Crippen LogP contribution in [0, 0.1) is 0 Å². The maximum Gasteiger partial charge on any atom is 0.0722 e. The molecule has 0 radical (unpaired) electrons. The highest BCUT2D eigenvalue weighted by atomic mass is 14.9. The first-order chi connectivity index (χ1) is 8.93. The van der Waals surface area contributed by atoms with Crippen LogP contribution in [0.15, 0.2) is 48.2 Å². The molecule has 1 N–H and O–H groups in total. The molecule has 3 rings (SSSR count). The largest absolute Gasteiger partial charge is 0.384 e. The van der Waals surface area contributed by atoms with Crippen molar-refractivity contribution in [1.29, 1.82) is 0 Å². The van der Waals surface area contributed by atoms with E-state index in [1.165, 1.54) is 30.3 Å². The Morgan fingerprint density at radius 3 is 3.00 bits per heavy atom. The number of anilines is 1. The van der Waals surface area contributed by atoms with Gasteiger partial charge in [-0.3, -0.25) is 4.98 Å². The fourth-order valence-electron chi connectivity index (χ4n) is 2.57. The third-order valence-electron chi connectivity index (χ3n) is 3.55. The van der Waals surface area contributed by atoms with Crippen molar-refractivity contribution in [3.63, 3.8) is 0 Å². The first-order valence-corrected chi connectivity index (χ1v) is 6.69. The second kappa shape index (κ2) is 5.21. The molecule has 0 saturated heterocycles. The minimum Gasteiger partial charge on any atom is -0.384 e. The first-order valence-electron chi connectivity index (χ1n) is 6.69. The molecule has 0 amide bonds. The van der Waals surface area contributed by atoms with E-state index in [0.717, 1.165) is 18.5 Å². The number of para-hydroxylation sites is 1. The zero-order valence-corrected chi connectivity index (χ0v) is 10.5. The Morgan fingerprint density at radius 1 is 1.17 bits per heavy atom. The molecule has 1 aliphatic rings. The van der Waals surface area contributed by atoms with Crippen LogP contribution in [0.1, 0.15) is 25.7 Å². The molecule has 0 bridgehead atoms. The monoisotopic (exact) mass is 238 g/mol. The van der Waals surface area contributed by atoms with Crippen LogP contribution in [0.25, 0.3) is 10.9 Å². The molecule has 2 heteroatoms. The summed E-state index contributed by atoms with van der Waals surface area (Å²) in [4.78, 5) is 4.38. The summed E-state index contributed by atoms with van der Waals surface area (Å²) >= 11 is 0. The van der Waals surface area contributed by atoms with Gasteiger partial charge in [-0.05, 0) is 37.8 Å². The van der Waals surface area contributed by atoms with Gasteiger partial charge >= 0.3 is 0 Å². The maximum atomic E-state index is 4.38. The normalized spacial score (nSPS) is 14.8. The van der Waals surface area contributed by atoms with Crippen molar-refractivity contribution in [2.24, 2.45) is 0 Å². The van der Waals surface area contributed by atoms with Gasteiger partial charge in [-0.15, -0.1) is 0 Å². The quantitative estimate of drug-likeness (QED) is 0.809. The van der Waals surface area contributed by atoms with Crippen LogP contribution >= 0.6 is 0 Å². The number of hydrogen-bond donors (Lipinski definition) is 1. The van der Waals surface area contributed by atoms with E-state index in [1.807, 2.05) is 12.3 Å². The molecule has 18 heavy (non-hydrogen) atoms. The number of pyridine rings is 1. The van der Waals surface area contributed by atoms with Gasteiger partial charge < -0.3 is 5.32 Å². The van der Waals surface area contributed by atoms with E-state index in [2.05, 4.69) is 40.6 Å². The van der Waals surface area contributed by atoms with Gasteiger partial charge in [-0.25, -0.2) is 0 Å². The van der Waals surface area contributed by atoms with Crippen LogP contribution in [-0.2, 0) is 0 Å². The second-order valence-electron chi connectivity index (χ2n) is 4.81. The summed E-state index contributed by atoms with van der Waals surface area (Å²) in [6.07, 6.45) is 9.34. The highest BCUT2D eigenvalue weighted by molar-refractivity contribution is 5.90. The van der Waals surface area contributed by atoms with Crippen molar-refractivity contribution in [2.45, 2.75) is 25.7 Å². The van der Waals surface area contributed by atoms with Crippen LogP contribution < -0.4 is 5.32 Å². The molecule has 1 aromatic carbocycles. The van der Waals surface area contributed by atoms with E-state index in [9.17, 15) is 0 Å². The molecule has 1 aromatic heterocycles. The van der Waals surface area contributed by atoms with Crippen molar-refractivity contribution >= 4 is 16.6 Å². The number of benzene rings is 1. The zero-order chi connectivity index (χ0) is 12.2. The van der Waals surface area contributed by atoms with Crippen molar-refractivity contribution in [2.75, 3.05) is 11.9 Å². The van der Waals surface area contributed by atoms with Gasteiger partial charge in [-0.2, -0.15) is 0 Å². The number of aromatic nitrogens is 1. The number of allylic oxidation sites excluding steroid dienone is 1. The predicted octanol–water partition coefficient (Wildman–Crippen LogP) is 4.15. The molecular weight excluding hydrogens is 220 g/mol. The van der Waals surface area contributed by atoms with Crippen molar-refractivity contribution in [3.8, 4) is 0 Å². The summed E-state index contributed by atoms with van der Waals surface area (Å²) in [7, 11) is 0. The summed E-state index contributed by atoms with van der Waals surface area (Å²) in [6.45, 7) is 1.01. The van der Waals surface area contributed by atoms with Gasteiger partial charge in [0.25, 0.3) is 0 Å². The average Bonchev–Trinajstić information content (AvgIpc) is 2.92. The number of hydrogen-bond acceptors (Lipinski definition) is 2. The van der Waals surface area contributed by atoms with E-state index in [1.54, 1.807) is 5.57 Å². The van der Waals surface area contributed by atoms with Crippen LogP contribution in [-0.4, -0.2) is 11.5 Å². The molecule has 0 aliphatic heterocycles. The van der Waals surface area contributed by atoms with E-state index < -0.39 is 0 Å². The summed E-state index contributed by atoms with van der Waals surface area (Å²) < 4.78 is 0. The lowest BCUT2D eigenvalue weighted by molar-refractivity contribution is 0.863. The standard InChI is InChI=1S/C16H18N2/c1-2-6-13(5-1)9-11-17-16-10-12-18-15-8-4-3-7-14(15)16/h3-5,7-8,10,12H,1-2,6,9,11H2,(H,17,18). The van der Waals surface area contributed by atoms with Crippen LogP contribution in [0.2, 0.25) is 0 Å². The molecule has 92 valence electrons.